The molecule has 7 heteroatoms. The van der Waals surface area contributed by atoms with E-state index in [0.717, 1.165) is 10.9 Å². The molecule has 5 nitrogen and oxygen atoms in total. The molecule has 0 saturated heterocycles. The third-order valence-corrected chi connectivity index (χ3v) is 3.79. The van der Waals surface area contributed by atoms with Crippen LogP contribution in [0.4, 0.5) is 17.5 Å². The number of hydrogen-bond acceptors (Lipinski definition) is 5. The molecular formula is C17H16Cl2N4O. The summed E-state index contributed by atoms with van der Waals surface area (Å²) in [4.78, 5) is 9.05. The van der Waals surface area contributed by atoms with Crippen LogP contribution in [0.15, 0.2) is 42.5 Å². The number of aliphatic hydroxyl groups excluding tert-OH is 1. The van der Waals surface area contributed by atoms with Gasteiger partial charge in [0.15, 0.2) is 0 Å². The molecule has 0 unspecified atom stereocenters. The highest BCUT2D eigenvalue weighted by molar-refractivity contribution is 6.35. The molecule has 0 saturated carbocycles. The van der Waals surface area contributed by atoms with Crippen molar-refractivity contribution in [2.75, 3.05) is 23.8 Å². The molecule has 2 aromatic carbocycles. The number of halogens is 2. The van der Waals surface area contributed by atoms with Crippen molar-refractivity contribution < 1.29 is 5.11 Å². The van der Waals surface area contributed by atoms with E-state index >= 15 is 0 Å². The number of nitrogens with zero attached hydrogens (tertiary/aromatic N) is 2. The lowest BCUT2D eigenvalue weighted by Gasteiger charge is -2.12. The molecule has 0 bridgehead atoms. The summed E-state index contributed by atoms with van der Waals surface area (Å²) in [5.74, 6) is 1.16. The van der Waals surface area contributed by atoms with E-state index in [1.54, 1.807) is 18.2 Å². The number of aromatic nitrogens is 2. The third kappa shape index (κ3) is 4.06. The summed E-state index contributed by atoms with van der Waals surface area (Å²) in [5.41, 5.74) is 1.53. The Bertz CT molecular complexity index is 837. The van der Waals surface area contributed by atoms with E-state index in [1.165, 1.54) is 0 Å². The van der Waals surface area contributed by atoms with Gasteiger partial charge in [-0.05, 0) is 36.8 Å². The van der Waals surface area contributed by atoms with Crippen LogP contribution in [-0.2, 0) is 0 Å². The number of anilines is 3. The Morgan fingerprint density at radius 1 is 1.00 bits per heavy atom. The first kappa shape index (κ1) is 16.8. The minimum atomic E-state index is 0.127. The average molecular weight is 363 g/mol. The minimum Gasteiger partial charge on any atom is -0.396 e. The molecule has 1 heterocycles. The fourth-order valence-corrected chi connectivity index (χ4v) is 2.83. The van der Waals surface area contributed by atoms with E-state index in [0.29, 0.717) is 40.5 Å². The number of nitrogens with one attached hydrogen (secondary N) is 2. The lowest BCUT2D eigenvalue weighted by molar-refractivity contribution is 0.292. The quantitative estimate of drug-likeness (QED) is 0.564. The van der Waals surface area contributed by atoms with Gasteiger partial charge < -0.3 is 15.7 Å². The van der Waals surface area contributed by atoms with E-state index in [4.69, 9.17) is 28.3 Å². The molecule has 1 aromatic heterocycles. The predicted molar refractivity (Wildman–Crippen MR) is 99.5 cm³/mol. The zero-order valence-electron chi connectivity index (χ0n) is 12.8. The van der Waals surface area contributed by atoms with Gasteiger partial charge >= 0.3 is 0 Å². The van der Waals surface area contributed by atoms with Crippen molar-refractivity contribution in [2.45, 2.75) is 6.42 Å². The van der Waals surface area contributed by atoms with E-state index in [9.17, 15) is 0 Å². The first-order valence-corrected chi connectivity index (χ1v) is 8.26. The molecule has 3 N–H and O–H groups in total. The molecule has 0 spiro atoms. The van der Waals surface area contributed by atoms with E-state index < -0.39 is 0 Å². The molecule has 0 aliphatic carbocycles. The van der Waals surface area contributed by atoms with Gasteiger partial charge in [-0.3, -0.25) is 0 Å². The maximum Gasteiger partial charge on any atom is 0.229 e. The van der Waals surface area contributed by atoms with Crippen molar-refractivity contribution in [2.24, 2.45) is 0 Å². The van der Waals surface area contributed by atoms with Crippen LogP contribution in [0.3, 0.4) is 0 Å². The van der Waals surface area contributed by atoms with Crippen LogP contribution in [0.2, 0.25) is 10.0 Å². The van der Waals surface area contributed by atoms with Gasteiger partial charge in [0.05, 0.1) is 5.52 Å². The van der Waals surface area contributed by atoms with Crippen molar-refractivity contribution in [3.05, 3.63) is 52.5 Å². The molecule has 0 aliphatic rings. The summed E-state index contributed by atoms with van der Waals surface area (Å²) < 4.78 is 0. The maximum atomic E-state index is 8.95. The second-order valence-electron chi connectivity index (χ2n) is 5.20. The fraction of sp³-hybridized carbons (Fsp3) is 0.176. The normalized spacial score (nSPS) is 10.8. The van der Waals surface area contributed by atoms with Gasteiger partial charge in [0.1, 0.15) is 5.82 Å². The molecule has 0 atom stereocenters. The largest absolute Gasteiger partial charge is 0.396 e. The Hall–Kier alpha value is -2.08. The number of fused-ring (bicyclic) bond motifs is 1. The van der Waals surface area contributed by atoms with Crippen molar-refractivity contribution >= 4 is 51.6 Å². The Labute approximate surface area is 149 Å². The van der Waals surface area contributed by atoms with Crippen LogP contribution in [0.1, 0.15) is 6.42 Å². The molecular weight excluding hydrogens is 347 g/mol. The van der Waals surface area contributed by atoms with Crippen LogP contribution in [0.25, 0.3) is 10.9 Å². The Morgan fingerprint density at radius 2 is 1.75 bits per heavy atom. The number of benzene rings is 2. The van der Waals surface area contributed by atoms with Crippen LogP contribution in [0.5, 0.6) is 0 Å². The van der Waals surface area contributed by atoms with Crippen molar-refractivity contribution in [3.8, 4) is 0 Å². The van der Waals surface area contributed by atoms with E-state index in [-0.39, 0.29) is 6.61 Å². The highest BCUT2D eigenvalue weighted by atomic mass is 35.5. The molecule has 0 fully saturated rings. The van der Waals surface area contributed by atoms with Gasteiger partial charge in [-0.2, -0.15) is 4.98 Å². The summed E-state index contributed by atoms with van der Waals surface area (Å²) in [6.07, 6.45) is 0.644. The SMILES string of the molecule is OCCCNc1nc(Nc2cc(Cl)cc(Cl)c2)nc2ccccc12. The zero-order chi connectivity index (χ0) is 16.9. The van der Waals surface area contributed by atoms with E-state index in [1.807, 2.05) is 24.3 Å². The lowest BCUT2D eigenvalue weighted by atomic mass is 10.2. The second-order valence-corrected chi connectivity index (χ2v) is 6.07. The summed E-state index contributed by atoms with van der Waals surface area (Å²) in [6, 6.07) is 12.9. The van der Waals surface area contributed by atoms with Crippen LogP contribution in [0, 0.1) is 0 Å². The third-order valence-electron chi connectivity index (χ3n) is 3.35. The molecule has 3 aromatic rings. The Kier molecular flexibility index (Phi) is 5.35. The molecule has 0 radical (unpaired) electrons. The molecule has 0 amide bonds. The first-order valence-electron chi connectivity index (χ1n) is 7.50. The highest BCUT2D eigenvalue weighted by Gasteiger charge is 2.08. The Balaban J connectivity index is 1.95. The first-order chi connectivity index (χ1) is 11.7. The number of rotatable bonds is 6. The maximum absolute atomic E-state index is 8.95. The monoisotopic (exact) mass is 362 g/mol. The standard InChI is InChI=1S/C17H16Cl2N4O/c18-11-8-12(19)10-13(9-11)21-17-22-15-5-2-1-4-14(15)16(23-17)20-6-3-7-24/h1-2,4-5,8-10,24H,3,6-7H2,(H2,20,21,22,23). The van der Waals surface area contributed by atoms with Gasteiger partial charge in [-0.25, -0.2) is 4.98 Å². The highest BCUT2D eigenvalue weighted by Crippen LogP contribution is 2.27. The van der Waals surface area contributed by atoms with Crippen LogP contribution in [-0.4, -0.2) is 28.2 Å². The number of aliphatic hydroxyl groups is 1. The van der Waals surface area contributed by atoms with Gasteiger partial charge in [-0.1, -0.05) is 35.3 Å². The molecule has 0 aliphatic heterocycles. The number of para-hydroxylation sites is 1. The van der Waals surface area contributed by atoms with Gasteiger partial charge in [0, 0.05) is 34.3 Å². The lowest BCUT2D eigenvalue weighted by Crippen LogP contribution is -2.08. The van der Waals surface area contributed by atoms with Gasteiger partial charge in [0.25, 0.3) is 0 Å². The van der Waals surface area contributed by atoms with Crippen molar-refractivity contribution in [3.63, 3.8) is 0 Å². The summed E-state index contributed by atoms with van der Waals surface area (Å²) >= 11 is 12.1. The summed E-state index contributed by atoms with van der Waals surface area (Å²) in [7, 11) is 0. The zero-order valence-corrected chi connectivity index (χ0v) is 14.3. The van der Waals surface area contributed by atoms with Crippen LogP contribution >= 0.6 is 23.2 Å². The fourth-order valence-electron chi connectivity index (χ4n) is 2.31. The van der Waals surface area contributed by atoms with Crippen molar-refractivity contribution in [1.82, 2.24) is 9.97 Å². The Morgan fingerprint density at radius 3 is 2.50 bits per heavy atom. The molecule has 24 heavy (non-hydrogen) atoms. The van der Waals surface area contributed by atoms with Crippen LogP contribution < -0.4 is 10.6 Å². The summed E-state index contributed by atoms with van der Waals surface area (Å²) in [5, 5.41) is 17.3. The molecule has 3 rings (SSSR count). The second kappa shape index (κ2) is 7.66. The predicted octanol–water partition coefficient (Wildman–Crippen LogP) is 4.47. The van der Waals surface area contributed by atoms with E-state index in [2.05, 4.69) is 20.6 Å². The van der Waals surface area contributed by atoms with Gasteiger partial charge in [-0.15, -0.1) is 0 Å². The minimum absolute atomic E-state index is 0.127. The summed E-state index contributed by atoms with van der Waals surface area (Å²) in [6.45, 7) is 0.752. The molecule has 124 valence electrons. The average Bonchev–Trinajstić information content (AvgIpc) is 2.54. The van der Waals surface area contributed by atoms with Crippen molar-refractivity contribution in [1.29, 1.82) is 0 Å². The number of hydrogen-bond donors (Lipinski definition) is 3. The smallest absolute Gasteiger partial charge is 0.229 e. The van der Waals surface area contributed by atoms with Gasteiger partial charge in [0.2, 0.25) is 5.95 Å². The topological polar surface area (TPSA) is 70.1 Å².